The molecule has 0 radical (unpaired) electrons. The lowest BCUT2D eigenvalue weighted by Gasteiger charge is -1.97. The maximum Gasteiger partial charge on any atom is 0.250 e. The van der Waals surface area contributed by atoms with Gasteiger partial charge in [-0.1, -0.05) is 53.3 Å². The van der Waals surface area contributed by atoms with E-state index >= 15 is 0 Å². The fraction of sp³-hybridized carbons (Fsp3) is 0.0588. The van der Waals surface area contributed by atoms with Crippen molar-refractivity contribution < 1.29 is 4.79 Å². The molecule has 0 atom stereocenters. The second-order valence-electron chi connectivity index (χ2n) is 4.72. The molecular weight excluding hydrogens is 280 g/mol. The molecule has 3 aromatic rings. The van der Waals surface area contributed by atoms with Gasteiger partial charge in [-0.15, -0.1) is 0 Å². The van der Waals surface area contributed by atoms with Crippen molar-refractivity contribution in [1.29, 1.82) is 0 Å². The topological polar surface area (TPSA) is 42.0 Å². The van der Waals surface area contributed by atoms with Crippen molar-refractivity contribution in [3.8, 4) is 0 Å². The molecule has 0 aliphatic heterocycles. The van der Waals surface area contributed by atoms with Crippen LogP contribution in [0.4, 0.5) is 5.13 Å². The summed E-state index contributed by atoms with van der Waals surface area (Å²) in [5.41, 5.74) is 3.08. The molecule has 0 saturated carbocycles. The lowest BCUT2D eigenvalue weighted by atomic mass is 10.1. The number of aromatic nitrogens is 1. The highest BCUT2D eigenvalue weighted by Gasteiger charge is 2.04. The maximum absolute atomic E-state index is 11.9. The van der Waals surface area contributed by atoms with Crippen molar-refractivity contribution in [2.24, 2.45) is 0 Å². The first-order valence-electron chi connectivity index (χ1n) is 6.62. The van der Waals surface area contributed by atoms with Crippen LogP contribution in [0.15, 0.2) is 54.6 Å². The Hall–Kier alpha value is -2.46. The van der Waals surface area contributed by atoms with Crippen LogP contribution in [0.1, 0.15) is 11.1 Å². The molecule has 0 bridgehead atoms. The number of amides is 1. The van der Waals surface area contributed by atoms with Crippen molar-refractivity contribution in [3.63, 3.8) is 0 Å². The Morgan fingerprint density at radius 1 is 1.19 bits per heavy atom. The highest BCUT2D eigenvalue weighted by Crippen LogP contribution is 2.25. The maximum atomic E-state index is 11.9. The number of benzene rings is 2. The molecule has 1 amide bonds. The molecule has 0 saturated heterocycles. The summed E-state index contributed by atoms with van der Waals surface area (Å²) in [6, 6.07) is 15.8. The summed E-state index contributed by atoms with van der Waals surface area (Å²) in [5, 5.41) is 3.42. The number of nitrogens with one attached hydrogen (secondary N) is 1. The van der Waals surface area contributed by atoms with Gasteiger partial charge in [-0.2, -0.15) is 0 Å². The number of aryl methyl sites for hydroxylation is 1. The molecule has 0 aliphatic carbocycles. The first-order chi connectivity index (χ1) is 10.2. The first kappa shape index (κ1) is 13.5. The van der Waals surface area contributed by atoms with E-state index in [0.29, 0.717) is 5.13 Å². The van der Waals surface area contributed by atoms with Gasteiger partial charge in [-0.05, 0) is 30.7 Å². The minimum absolute atomic E-state index is 0.171. The Bertz CT molecular complexity index is 787. The van der Waals surface area contributed by atoms with E-state index in [2.05, 4.69) is 10.3 Å². The Kier molecular flexibility index (Phi) is 3.79. The van der Waals surface area contributed by atoms with Crippen LogP contribution >= 0.6 is 11.3 Å². The van der Waals surface area contributed by atoms with Gasteiger partial charge in [0.2, 0.25) is 5.91 Å². The standard InChI is InChI=1S/C17H14N2OS/c1-12-5-4-6-13(11-12)9-10-16(20)19-17-18-14-7-2-3-8-15(14)21-17/h2-11H,1H3,(H,18,19,20)/b10-9+. The quantitative estimate of drug-likeness (QED) is 0.733. The van der Waals surface area contributed by atoms with Crippen LogP contribution in [0.3, 0.4) is 0 Å². The molecule has 3 nitrogen and oxygen atoms in total. The zero-order valence-corrected chi connectivity index (χ0v) is 12.4. The minimum atomic E-state index is -0.171. The lowest BCUT2D eigenvalue weighted by Crippen LogP contribution is -2.07. The average molecular weight is 294 g/mol. The molecular formula is C17H14N2OS. The van der Waals surface area contributed by atoms with E-state index < -0.39 is 0 Å². The highest BCUT2D eigenvalue weighted by atomic mass is 32.1. The number of rotatable bonds is 3. The lowest BCUT2D eigenvalue weighted by molar-refractivity contribution is -0.111. The minimum Gasteiger partial charge on any atom is -0.298 e. The average Bonchev–Trinajstić information content (AvgIpc) is 2.87. The zero-order chi connectivity index (χ0) is 14.7. The molecule has 0 fully saturated rings. The molecule has 1 heterocycles. The van der Waals surface area contributed by atoms with Gasteiger partial charge in [0.25, 0.3) is 0 Å². The number of anilines is 1. The molecule has 1 aromatic heterocycles. The van der Waals surface area contributed by atoms with Crippen LogP contribution in [0, 0.1) is 6.92 Å². The molecule has 104 valence electrons. The normalized spacial score (nSPS) is 11.1. The Labute approximate surface area is 127 Å². The van der Waals surface area contributed by atoms with Crippen LogP contribution in [-0.4, -0.2) is 10.9 Å². The first-order valence-corrected chi connectivity index (χ1v) is 7.44. The Balaban J connectivity index is 1.71. The molecule has 0 aliphatic rings. The van der Waals surface area contributed by atoms with Gasteiger partial charge in [0, 0.05) is 6.08 Å². The van der Waals surface area contributed by atoms with E-state index in [-0.39, 0.29) is 5.91 Å². The molecule has 0 spiro atoms. The summed E-state index contributed by atoms with van der Waals surface area (Å²) >= 11 is 1.47. The van der Waals surface area contributed by atoms with Crippen LogP contribution in [0.25, 0.3) is 16.3 Å². The number of para-hydroxylation sites is 1. The van der Waals surface area contributed by atoms with Crippen molar-refractivity contribution in [3.05, 3.63) is 65.7 Å². The number of hydrogen-bond acceptors (Lipinski definition) is 3. The third-order valence-corrected chi connectivity index (χ3v) is 3.95. The van der Waals surface area contributed by atoms with E-state index in [1.54, 1.807) is 6.08 Å². The van der Waals surface area contributed by atoms with E-state index in [1.807, 2.05) is 55.5 Å². The number of thiazole rings is 1. The van der Waals surface area contributed by atoms with E-state index in [4.69, 9.17) is 0 Å². The number of hydrogen-bond donors (Lipinski definition) is 1. The third kappa shape index (κ3) is 3.35. The van der Waals surface area contributed by atoms with Crippen molar-refractivity contribution >= 4 is 38.7 Å². The monoisotopic (exact) mass is 294 g/mol. The smallest absolute Gasteiger partial charge is 0.250 e. The summed E-state index contributed by atoms with van der Waals surface area (Å²) in [7, 11) is 0. The molecule has 4 heteroatoms. The van der Waals surface area contributed by atoms with Gasteiger partial charge in [-0.25, -0.2) is 4.98 Å². The van der Waals surface area contributed by atoms with Gasteiger partial charge in [0.15, 0.2) is 5.13 Å². The predicted molar refractivity (Wildman–Crippen MR) is 88.5 cm³/mol. The Morgan fingerprint density at radius 3 is 2.86 bits per heavy atom. The second-order valence-corrected chi connectivity index (χ2v) is 5.75. The second kappa shape index (κ2) is 5.89. The number of nitrogens with zero attached hydrogens (tertiary/aromatic N) is 1. The number of carbonyl (C=O) groups excluding carboxylic acids is 1. The molecule has 1 N–H and O–H groups in total. The zero-order valence-electron chi connectivity index (χ0n) is 11.5. The van der Waals surface area contributed by atoms with Gasteiger partial charge in [-0.3, -0.25) is 10.1 Å². The third-order valence-electron chi connectivity index (χ3n) is 2.99. The predicted octanol–water partition coefficient (Wildman–Crippen LogP) is 4.26. The van der Waals surface area contributed by atoms with Crippen molar-refractivity contribution in [2.75, 3.05) is 5.32 Å². The van der Waals surface area contributed by atoms with Gasteiger partial charge in [0.1, 0.15) is 0 Å². The van der Waals surface area contributed by atoms with Gasteiger partial charge >= 0.3 is 0 Å². The van der Waals surface area contributed by atoms with E-state index in [0.717, 1.165) is 15.8 Å². The van der Waals surface area contributed by atoms with Crippen LogP contribution in [0.2, 0.25) is 0 Å². The van der Waals surface area contributed by atoms with E-state index in [1.165, 1.54) is 23.0 Å². The Morgan fingerprint density at radius 2 is 2.05 bits per heavy atom. The van der Waals surface area contributed by atoms with Crippen LogP contribution in [-0.2, 0) is 4.79 Å². The van der Waals surface area contributed by atoms with Gasteiger partial charge in [0.05, 0.1) is 10.2 Å². The molecule has 2 aromatic carbocycles. The van der Waals surface area contributed by atoms with Crippen molar-refractivity contribution in [2.45, 2.75) is 6.92 Å². The fourth-order valence-corrected chi connectivity index (χ4v) is 2.89. The largest absolute Gasteiger partial charge is 0.298 e. The summed E-state index contributed by atoms with van der Waals surface area (Å²) in [6.45, 7) is 2.03. The molecule has 0 unspecified atom stereocenters. The molecule has 3 rings (SSSR count). The SMILES string of the molecule is Cc1cccc(/C=C/C(=O)Nc2nc3ccccc3s2)c1. The summed E-state index contributed by atoms with van der Waals surface area (Å²) in [5.74, 6) is -0.171. The van der Waals surface area contributed by atoms with Crippen LogP contribution < -0.4 is 5.32 Å². The summed E-state index contributed by atoms with van der Waals surface area (Å²) in [6.07, 6.45) is 3.33. The van der Waals surface area contributed by atoms with Crippen molar-refractivity contribution in [1.82, 2.24) is 4.98 Å². The van der Waals surface area contributed by atoms with Gasteiger partial charge < -0.3 is 0 Å². The highest BCUT2D eigenvalue weighted by molar-refractivity contribution is 7.22. The summed E-state index contributed by atoms with van der Waals surface area (Å²) < 4.78 is 1.07. The molecule has 21 heavy (non-hydrogen) atoms. The number of carbonyl (C=O) groups is 1. The fourth-order valence-electron chi connectivity index (χ4n) is 2.02. The number of fused-ring (bicyclic) bond motifs is 1. The summed E-state index contributed by atoms with van der Waals surface area (Å²) in [4.78, 5) is 16.3. The van der Waals surface area contributed by atoms with E-state index in [9.17, 15) is 4.79 Å². The van der Waals surface area contributed by atoms with Crippen LogP contribution in [0.5, 0.6) is 0 Å².